The average molecular weight is 320 g/mol. The minimum Gasteiger partial charge on any atom is -0.489 e. The first kappa shape index (κ1) is 15.6. The number of hydrogen-bond acceptors (Lipinski definition) is 4. The van der Waals surface area contributed by atoms with Crippen molar-refractivity contribution in [3.8, 4) is 17.1 Å². The van der Waals surface area contributed by atoms with Crippen LogP contribution in [0.5, 0.6) is 5.75 Å². The fourth-order valence-corrected chi connectivity index (χ4v) is 2.23. The second-order valence-corrected chi connectivity index (χ2v) is 5.59. The molecule has 0 radical (unpaired) electrons. The molecular formula is C16H18F2N4O. The molecule has 0 amide bonds. The maximum absolute atomic E-state index is 14.4. The summed E-state index contributed by atoms with van der Waals surface area (Å²) < 4.78 is 33.7. The molecule has 1 aromatic carbocycles. The molecule has 23 heavy (non-hydrogen) atoms. The molecule has 1 saturated carbocycles. The number of nitrogens with zero attached hydrogens (tertiary/aromatic N) is 3. The molecule has 0 spiro atoms. The minimum absolute atomic E-state index is 0.0123. The molecule has 5 nitrogen and oxygen atoms in total. The highest BCUT2D eigenvalue weighted by atomic mass is 19.1. The van der Waals surface area contributed by atoms with E-state index >= 15 is 0 Å². The first-order valence-corrected chi connectivity index (χ1v) is 7.44. The topological polar surface area (TPSA) is 66.0 Å². The van der Waals surface area contributed by atoms with Crippen LogP contribution in [-0.4, -0.2) is 27.9 Å². The van der Waals surface area contributed by atoms with Crippen LogP contribution in [-0.2, 0) is 7.05 Å². The largest absolute Gasteiger partial charge is 0.489 e. The molecule has 2 N–H and O–H groups in total. The third kappa shape index (κ3) is 3.39. The van der Waals surface area contributed by atoms with Crippen molar-refractivity contribution in [2.24, 2.45) is 12.8 Å². The molecule has 3 rings (SSSR count). The fraction of sp³-hybridized carbons (Fsp3) is 0.375. The molecule has 122 valence electrons. The van der Waals surface area contributed by atoms with Crippen LogP contribution in [0, 0.1) is 5.82 Å². The van der Waals surface area contributed by atoms with Gasteiger partial charge in [-0.3, -0.25) is 0 Å². The maximum atomic E-state index is 14.4. The highest BCUT2D eigenvalue weighted by molar-refractivity contribution is 5.57. The van der Waals surface area contributed by atoms with Gasteiger partial charge in [0.25, 0.3) is 0 Å². The highest BCUT2D eigenvalue weighted by Gasteiger charge is 2.29. The standard InChI is InChI=1S/C16H18F2N4O/c1-22-16(20-15(21-22)11-2-3-11)13-5-4-12(6-14(13)18)23-9-10(7-17)8-19/h4-7,11H,2-3,8-9,19H2,1H3/b10-7-. The molecule has 1 aliphatic rings. The SMILES string of the molecule is Cn1nc(C2CC2)nc1-c1ccc(OC/C(=C\F)CN)cc1F. The van der Waals surface area contributed by atoms with E-state index in [-0.39, 0.29) is 13.2 Å². The van der Waals surface area contributed by atoms with Gasteiger partial charge in [0, 0.05) is 31.1 Å². The molecule has 0 aliphatic heterocycles. The molecule has 0 unspecified atom stereocenters. The van der Waals surface area contributed by atoms with Crippen molar-refractivity contribution in [2.45, 2.75) is 18.8 Å². The van der Waals surface area contributed by atoms with Crippen LogP contribution in [0.1, 0.15) is 24.6 Å². The van der Waals surface area contributed by atoms with Crippen molar-refractivity contribution in [3.63, 3.8) is 0 Å². The van der Waals surface area contributed by atoms with Crippen LogP contribution in [0.25, 0.3) is 11.4 Å². The van der Waals surface area contributed by atoms with Gasteiger partial charge in [-0.15, -0.1) is 0 Å². The van der Waals surface area contributed by atoms with Crippen LogP contribution in [0.15, 0.2) is 30.1 Å². The van der Waals surface area contributed by atoms with Crippen LogP contribution in [0.3, 0.4) is 0 Å². The molecule has 1 heterocycles. The lowest BCUT2D eigenvalue weighted by atomic mass is 10.2. The second-order valence-electron chi connectivity index (χ2n) is 5.59. The predicted molar refractivity (Wildman–Crippen MR) is 82.1 cm³/mol. The lowest BCUT2D eigenvalue weighted by Gasteiger charge is -2.09. The van der Waals surface area contributed by atoms with Gasteiger partial charge in [-0.25, -0.2) is 18.4 Å². The molecule has 1 fully saturated rings. The Balaban J connectivity index is 1.79. The number of benzene rings is 1. The Kier molecular flexibility index (Phi) is 4.38. The Bertz CT molecular complexity index is 738. The van der Waals surface area contributed by atoms with Gasteiger partial charge >= 0.3 is 0 Å². The Morgan fingerprint density at radius 2 is 2.26 bits per heavy atom. The number of nitrogens with two attached hydrogens (primary N) is 1. The molecule has 0 saturated heterocycles. The normalized spacial score (nSPS) is 15.0. The Hall–Kier alpha value is -2.28. The lowest BCUT2D eigenvalue weighted by molar-refractivity contribution is 0.345. The molecule has 1 aromatic heterocycles. The molecule has 2 aromatic rings. The van der Waals surface area contributed by atoms with Crippen LogP contribution in [0.2, 0.25) is 0 Å². The van der Waals surface area contributed by atoms with Crippen molar-refractivity contribution in [1.82, 2.24) is 14.8 Å². The van der Waals surface area contributed by atoms with Crippen molar-refractivity contribution in [2.75, 3.05) is 13.2 Å². The third-order valence-electron chi connectivity index (χ3n) is 3.74. The Morgan fingerprint density at radius 3 is 2.87 bits per heavy atom. The predicted octanol–water partition coefficient (Wildman–Crippen LogP) is 2.69. The Morgan fingerprint density at radius 1 is 1.48 bits per heavy atom. The molecular weight excluding hydrogens is 302 g/mol. The van der Waals surface area contributed by atoms with E-state index < -0.39 is 5.82 Å². The molecule has 7 heteroatoms. The summed E-state index contributed by atoms with van der Waals surface area (Å²) in [7, 11) is 1.75. The van der Waals surface area contributed by atoms with E-state index in [1.165, 1.54) is 6.07 Å². The number of aryl methyl sites for hydroxylation is 1. The van der Waals surface area contributed by atoms with E-state index in [0.29, 0.717) is 35.0 Å². The second kappa shape index (κ2) is 6.45. The van der Waals surface area contributed by atoms with Crippen LogP contribution < -0.4 is 10.5 Å². The molecule has 1 aliphatic carbocycles. The van der Waals surface area contributed by atoms with Gasteiger partial charge in [-0.05, 0) is 25.0 Å². The average Bonchev–Trinajstić information content (AvgIpc) is 3.32. The first-order valence-electron chi connectivity index (χ1n) is 7.44. The summed E-state index contributed by atoms with van der Waals surface area (Å²) in [6.45, 7) is 0.0432. The van der Waals surface area contributed by atoms with E-state index in [1.54, 1.807) is 23.9 Å². The van der Waals surface area contributed by atoms with E-state index in [9.17, 15) is 8.78 Å². The van der Waals surface area contributed by atoms with Gasteiger partial charge in [-0.1, -0.05) is 0 Å². The zero-order valence-corrected chi connectivity index (χ0v) is 12.8. The number of ether oxygens (including phenoxy) is 1. The zero-order valence-electron chi connectivity index (χ0n) is 12.8. The molecule has 0 atom stereocenters. The fourth-order valence-electron chi connectivity index (χ4n) is 2.23. The first-order chi connectivity index (χ1) is 11.1. The highest BCUT2D eigenvalue weighted by Crippen LogP contribution is 2.39. The van der Waals surface area contributed by atoms with Crippen LogP contribution >= 0.6 is 0 Å². The summed E-state index contributed by atoms with van der Waals surface area (Å²) in [6.07, 6.45) is 2.58. The van der Waals surface area contributed by atoms with Gasteiger partial charge in [0.1, 0.15) is 18.2 Å². The minimum atomic E-state index is -0.459. The van der Waals surface area contributed by atoms with Crippen LogP contribution in [0.4, 0.5) is 8.78 Å². The van der Waals surface area contributed by atoms with E-state index in [4.69, 9.17) is 10.5 Å². The summed E-state index contributed by atoms with van der Waals surface area (Å²) in [5.41, 5.74) is 6.01. The number of rotatable bonds is 6. The van der Waals surface area contributed by atoms with Crippen molar-refractivity contribution < 1.29 is 13.5 Å². The number of halogens is 2. The van der Waals surface area contributed by atoms with E-state index in [0.717, 1.165) is 18.7 Å². The summed E-state index contributed by atoms with van der Waals surface area (Å²) >= 11 is 0. The van der Waals surface area contributed by atoms with Crippen molar-refractivity contribution in [3.05, 3.63) is 41.7 Å². The number of hydrogen-bond donors (Lipinski definition) is 1. The summed E-state index contributed by atoms with van der Waals surface area (Å²) in [5.74, 6) is 1.51. The monoisotopic (exact) mass is 320 g/mol. The smallest absolute Gasteiger partial charge is 0.161 e. The van der Waals surface area contributed by atoms with Crippen molar-refractivity contribution in [1.29, 1.82) is 0 Å². The summed E-state index contributed by atoms with van der Waals surface area (Å²) in [6, 6.07) is 4.47. The number of aromatic nitrogens is 3. The molecule has 0 bridgehead atoms. The lowest BCUT2D eigenvalue weighted by Crippen LogP contribution is -2.10. The maximum Gasteiger partial charge on any atom is 0.161 e. The third-order valence-corrected chi connectivity index (χ3v) is 3.74. The van der Waals surface area contributed by atoms with Gasteiger partial charge < -0.3 is 10.5 Å². The van der Waals surface area contributed by atoms with Gasteiger partial charge in [0.2, 0.25) is 0 Å². The van der Waals surface area contributed by atoms with Gasteiger partial charge in [0.15, 0.2) is 11.6 Å². The van der Waals surface area contributed by atoms with E-state index in [1.807, 2.05) is 0 Å². The summed E-state index contributed by atoms with van der Waals surface area (Å²) in [4.78, 5) is 4.43. The van der Waals surface area contributed by atoms with Gasteiger partial charge in [-0.2, -0.15) is 5.10 Å². The Labute approximate surface area is 132 Å². The quantitative estimate of drug-likeness (QED) is 0.889. The van der Waals surface area contributed by atoms with E-state index in [2.05, 4.69) is 10.1 Å². The summed E-state index contributed by atoms with van der Waals surface area (Å²) in [5, 5.41) is 4.34. The van der Waals surface area contributed by atoms with Gasteiger partial charge in [0.05, 0.1) is 11.9 Å². The van der Waals surface area contributed by atoms with Crippen molar-refractivity contribution >= 4 is 0 Å². The zero-order chi connectivity index (χ0) is 16.4.